The SMILES string of the molecule is COc1ccc(Nc2nccc3[nH]c(-c4cccc(F)c4)cc23)c(OC)c1. The number of benzene rings is 2. The van der Waals surface area contributed by atoms with Crippen LogP contribution in [-0.4, -0.2) is 24.2 Å². The number of pyridine rings is 1. The zero-order valence-corrected chi connectivity index (χ0v) is 14.9. The van der Waals surface area contributed by atoms with Gasteiger partial charge in [-0.25, -0.2) is 9.37 Å². The van der Waals surface area contributed by atoms with Crippen molar-refractivity contribution in [1.82, 2.24) is 9.97 Å². The third-order valence-corrected chi connectivity index (χ3v) is 4.35. The van der Waals surface area contributed by atoms with Crippen LogP contribution in [0.3, 0.4) is 0 Å². The zero-order chi connectivity index (χ0) is 18.8. The minimum Gasteiger partial charge on any atom is -0.497 e. The average Bonchev–Trinajstić information content (AvgIpc) is 3.14. The molecule has 2 aromatic carbocycles. The first-order valence-electron chi connectivity index (χ1n) is 8.40. The average molecular weight is 363 g/mol. The van der Waals surface area contributed by atoms with Crippen molar-refractivity contribution >= 4 is 22.4 Å². The van der Waals surface area contributed by atoms with Crippen LogP contribution in [0.2, 0.25) is 0 Å². The smallest absolute Gasteiger partial charge is 0.146 e. The number of aromatic amines is 1. The van der Waals surface area contributed by atoms with Crippen molar-refractivity contribution in [3.63, 3.8) is 0 Å². The van der Waals surface area contributed by atoms with E-state index in [1.807, 2.05) is 30.3 Å². The lowest BCUT2D eigenvalue weighted by Gasteiger charge is -2.12. The lowest BCUT2D eigenvalue weighted by atomic mass is 10.1. The monoisotopic (exact) mass is 363 g/mol. The largest absolute Gasteiger partial charge is 0.497 e. The Morgan fingerprint density at radius 3 is 2.67 bits per heavy atom. The predicted molar refractivity (Wildman–Crippen MR) is 104 cm³/mol. The Morgan fingerprint density at radius 1 is 1.00 bits per heavy atom. The van der Waals surface area contributed by atoms with Gasteiger partial charge in [0.25, 0.3) is 0 Å². The Kier molecular flexibility index (Phi) is 4.38. The highest BCUT2D eigenvalue weighted by Crippen LogP contribution is 2.34. The van der Waals surface area contributed by atoms with E-state index in [2.05, 4.69) is 15.3 Å². The second kappa shape index (κ2) is 6.99. The number of rotatable bonds is 5. The first kappa shape index (κ1) is 16.9. The zero-order valence-electron chi connectivity index (χ0n) is 14.9. The van der Waals surface area contributed by atoms with Crippen molar-refractivity contribution in [3.8, 4) is 22.8 Å². The van der Waals surface area contributed by atoms with Gasteiger partial charge in [-0.2, -0.15) is 0 Å². The van der Waals surface area contributed by atoms with E-state index in [4.69, 9.17) is 9.47 Å². The van der Waals surface area contributed by atoms with Crippen LogP contribution in [0.4, 0.5) is 15.9 Å². The summed E-state index contributed by atoms with van der Waals surface area (Å²) in [6.07, 6.45) is 1.71. The number of anilines is 2. The van der Waals surface area contributed by atoms with Gasteiger partial charge in [0.15, 0.2) is 0 Å². The summed E-state index contributed by atoms with van der Waals surface area (Å²) >= 11 is 0. The first-order chi connectivity index (χ1) is 13.2. The highest BCUT2D eigenvalue weighted by Gasteiger charge is 2.11. The van der Waals surface area contributed by atoms with Gasteiger partial charge < -0.3 is 19.8 Å². The molecule has 2 aromatic heterocycles. The summed E-state index contributed by atoms with van der Waals surface area (Å²) < 4.78 is 24.2. The minimum absolute atomic E-state index is 0.273. The second-order valence-electron chi connectivity index (χ2n) is 6.01. The van der Waals surface area contributed by atoms with Crippen molar-refractivity contribution in [2.75, 3.05) is 19.5 Å². The van der Waals surface area contributed by atoms with Crippen molar-refractivity contribution in [2.45, 2.75) is 0 Å². The number of H-pyrrole nitrogens is 1. The van der Waals surface area contributed by atoms with Crippen LogP contribution in [0, 0.1) is 5.82 Å². The molecule has 0 spiro atoms. The first-order valence-corrected chi connectivity index (χ1v) is 8.40. The molecule has 0 bridgehead atoms. The molecule has 136 valence electrons. The Balaban J connectivity index is 1.75. The van der Waals surface area contributed by atoms with E-state index >= 15 is 0 Å². The number of hydrogen-bond acceptors (Lipinski definition) is 4. The summed E-state index contributed by atoms with van der Waals surface area (Å²) in [6, 6.07) is 15.8. The van der Waals surface area contributed by atoms with Gasteiger partial charge in [0.2, 0.25) is 0 Å². The molecule has 0 unspecified atom stereocenters. The van der Waals surface area contributed by atoms with E-state index in [9.17, 15) is 4.39 Å². The second-order valence-corrected chi connectivity index (χ2v) is 6.01. The summed E-state index contributed by atoms with van der Waals surface area (Å²) in [7, 11) is 3.21. The van der Waals surface area contributed by atoms with Crippen LogP contribution >= 0.6 is 0 Å². The van der Waals surface area contributed by atoms with Crippen LogP contribution in [0.5, 0.6) is 11.5 Å². The quantitative estimate of drug-likeness (QED) is 0.516. The molecule has 2 heterocycles. The fourth-order valence-electron chi connectivity index (χ4n) is 2.99. The summed E-state index contributed by atoms with van der Waals surface area (Å²) in [6.45, 7) is 0. The van der Waals surface area contributed by atoms with Crippen molar-refractivity contribution in [3.05, 3.63) is 66.6 Å². The van der Waals surface area contributed by atoms with Crippen molar-refractivity contribution in [2.24, 2.45) is 0 Å². The summed E-state index contributed by atoms with van der Waals surface area (Å²) in [5.74, 6) is 1.76. The maximum atomic E-state index is 13.6. The van der Waals surface area contributed by atoms with Crippen molar-refractivity contribution in [1.29, 1.82) is 0 Å². The molecule has 0 aliphatic heterocycles. The van der Waals surface area contributed by atoms with Gasteiger partial charge in [-0.05, 0) is 36.4 Å². The normalized spacial score (nSPS) is 10.8. The van der Waals surface area contributed by atoms with Gasteiger partial charge in [-0.15, -0.1) is 0 Å². The third-order valence-electron chi connectivity index (χ3n) is 4.35. The fourth-order valence-corrected chi connectivity index (χ4v) is 2.99. The molecule has 0 saturated heterocycles. The molecule has 0 amide bonds. The third kappa shape index (κ3) is 3.29. The van der Waals surface area contributed by atoms with E-state index < -0.39 is 0 Å². The molecule has 27 heavy (non-hydrogen) atoms. The predicted octanol–water partition coefficient (Wildman–Crippen LogP) is 5.13. The number of methoxy groups -OCH3 is 2. The van der Waals surface area contributed by atoms with Gasteiger partial charge >= 0.3 is 0 Å². The molecule has 6 heteroatoms. The van der Waals surface area contributed by atoms with Gasteiger partial charge in [0, 0.05) is 28.9 Å². The highest BCUT2D eigenvalue weighted by molar-refractivity contribution is 5.95. The topological polar surface area (TPSA) is 59.2 Å². The lowest BCUT2D eigenvalue weighted by Crippen LogP contribution is -1.97. The summed E-state index contributed by atoms with van der Waals surface area (Å²) in [5, 5.41) is 4.21. The van der Waals surface area contributed by atoms with E-state index in [1.54, 1.807) is 32.5 Å². The van der Waals surface area contributed by atoms with E-state index in [0.29, 0.717) is 17.3 Å². The summed E-state index contributed by atoms with van der Waals surface area (Å²) in [4.78, 5) is 7.77. The standard InChI is InChI=1S/C21H18FN3O2/c1-26-15-6-7-18(20(11-15)27-2)25-21-16-12-19(24-17(16)8-9-23-21)13-4-3-5-14(22)10-13/h3-12,24H,1-2H3,(H,23,25). The number of halogens is 1. The highest BCUT2D eigenvalue weighted by atomic mass is 19.1. The van der Waals surface area contributed by atoms with E-state index in [-0.39, 0.29) is 5.82 Å². The molecule has 0 radical (unpaired) electrons. The molecule has 5 nitrogen and oxygen atoms in total. The lowest BCUT2D eigenvalue weighted by molar-refractivity contribution is 0.395. The maximum Gasteiger partial charge on any atom is 0.146 e. The van der Waals surface area contributed by atoms with E-state index in [1.165, 1.54) is 12.1 Å². The van der Waals surface area contributed by atoms with Gasteiger partial charge in [0.05, 0.1) is 25.4 Å². The molecule has 0 aliphatic carbocycles. The van der Waals surface area contributed by atoms with Crippen LogP contribution in [-0.2, 0) is 0 Å². The Labute approximate surface area is 155 Å². The van der Waals surface area contributed by atoms with Gasteiger partial charge in [0.1, 0.15) is 23.1 Å². The molecule has 2 N–H and O–H groups in total. The van der Waals surface area contributed by atoms with Crippen molar-refractivity contribution < 1.29 is 13.9 Å². The van der Waals surface area contributed by atoms with Crippen LogP contribution in [0.15, 0.2) is 60.8 Å². The van der Waals surface area contributed by atoms with Crippen LogP contribution < -0.4 is 14.8 Å². The molecule has 4 rings (SSSR count). The molecular weight excluding hydrogens is 345 g/mol. The van der Waals surface area contributed by atoms with Gasteiger partial charge in [-0.1, -0.05) is 12.1 Å². The Hall–Kier alpha value is -3.54. The molecule has 4 aromatic rings. The molecular formula is C21H18FN3O2. The number of ether oxygens (including phenoxy) is 2. The number of nitrogens with one attached hydrogen (secondary N) is 2. The Morgan fingerprint density at radius 2 is 1.89 bits per heavy atom. The molecule has 0 saturated carbocycles. The van der Waals surface area contributed by atoms with E-state index in [0.717, 1.165) is 27.8 Å². The fraction of sp³-hybridized carbons (Fsp3) is 0.0952. The number of aromatic nitrogens is 2. The minimum atomic E-state index is -0.273. The molecule has 0 atom stereocenters. The van der Waals surface area contributed by atoms with Crippen LogP contribution in [0.1, 0.15) is 0 Å². The maximum absolute atomic E-state index is 13.6. The number of fused-ring (bicyclic) bond motifs is 1. The molecule has 0 fully saturated rings. The summed E-state index contributed by atoms with van der Waals surface area (Å²) in [5.41, 5.74) is 3.27. The van der Waals surface area contributed by atoms with Crippen LogP contribution in [0.25, 0.3) is 22.2 Å². The van der Waals surface area contributed by atoms with Gasteiger partial charge in [-0.3, -0.25) is 0 Å². The molecule has 0 aliphatic rings. The Bertz CT molecular complexity index is 1110. The number of nitrogens with zero attached hydrogens (tertiary/aromatic N) is 1. The number of hydrogen-bond donors (Lipinski definition) is 2.